The number of hydrogen-bond donors (Lipinski definition) is 2. The fourth-order valence-electron chi connectivity index (χ4n) is 2.29. The molecule has 1 aliphatic rings. The number of unbranched alkanes of at least 4 members (excludes halogenated alkanes) is 1. The van der Waals surface area contributed by atoms with E-state index in [0.29, 0.717) is 33.7 Å². The molecule has 8 heteroatoms. The van der Waals surface area contributed by atoms with Crippen LogP contribution in [0.2, 0.25) is 5.02 Å². The average molecular weight is 383 g/mol. The second-order valence-electron chi connectivity index (χ2n) is 5.25. The number of carbonyl (C=O) groups is 2. The summed E-state index contributed by atoms with van der Waals surface area (Å²) in [6, 6.07) is 4.85. The number of hydrogen-bond acceptors (Lipinski definition) is 5. The van der Waals surface area contributed by atoms with Crippen molar-refractivity contribution in [1.82, 2.24) is 10.2 Å². The topological polar surface area (TPSA) is 78.9 Å². The molecule has 1 heterocycles. The van der Waals surface area contributed by atoms with Crippen molar-refractivity contribution < 1.29 is 19.4 Å². The molecule has 0 spiro atoms. The van der Waals surface area contributed by atoms with Gasteiger partial charge in [0, 0.05) is 23.1 Å². The van der Waals surface area contributed by atoms with Crippen molar-refractivity contribution in [2.24, 2.45) is 0 Å². The zero-order valence-electron chi connectivity index (χ0n) is 13.9. The summed E-state index contributed by atoms with van der Waals surface area (Å²) in [5.41, 5.74) is 0.359. The summed E-state index contributed by atoms with van der Waals surface area (Å²) in [5, 5.41) is 14.1. The van der Waals surface area contributed by atoms with Gasteiger partial charge in [-0.3, -0.25) is 10.1 Å². The summed E-state index contributed by atoms with van der Waals surface area (Å²) in [7, 11) is 1.49. The Bertz CT molecular complexity index is 733. The normalized spacial score (nSPS) is 15.2. The summed E-state index contributed by atoms with van der Waals surface area (Å²) in [5.74, 6) is 0.627. The Morgan fingerprint density at radius 1 is 1.44 bits per heavy atom. The number of ketones is 1. The number of rotatable bonds is 7. The molecule has 0 radical (unpaired) electrons. The van der Waals surface area contributed by atoms with Crippen molar-refractivity contribution in [1.29, 1.82) is 0 Å². The first-order valence-corrected chi connectivity index (χ1v) is 8.96. The van der Waals surface area contributed by atoms with Crippen LogP contribution in [0.25, 0.3) is 0 Å². The zero-order valence-corrected chi connectivity index (χ0v) is 15.5. The molecule has 1 aromatic rings. The molecule has 6 nitrogen and oxygen atoms in total. The van der Waals surface area contributed by atoms with Crippen LogP contribution in [0.4, 0.5) is 4.79 Å². The highest BCUT2D eigenvalue weighted by molar-refractivity contribution is 8.06. The highest BCUT2D eigenvalue weighted by atomic mass is 35.5. The van der Waals surface area contributed by atoms with Crippen molar-refractivity contribution in [2.45, 2.75) is 19.8 Å². The van der Waals surface area contributed by atoms with E-state index in [-0.39, 0.29) is 5.78 Å². The van der Waals surface area contributed by atoms with Crippen LogP contribution in [0.5, 0.6) is 5.75 Å². The van der Waals surface area contributed by atoms with E-state index in [0.717, 1.165) is 12.8 Å². The van der Waals surface area contributed by atoms with Crippen LogP contribution >= 0.6 is 23.4 Å². The molecule has 134 valence electrons. The van der Waals surface area contributed by atoms with Gasteiger partial charge in [-0.25, -0.2) is 4.79 Å². The number of carboxylic acid groups (broad SMARTS) is 1. The van der Waals surface area contributed by atoms with E-state index in [9.17, 15) is 9.59 Å². The summed E-state index contributed by atoms with van der Waals surface area (Å²) in [4.78, 5) is 25.4. The van der Waals surface area contributed by atoms with E-state index in [1.165, 1.54) is 24.9 Å². The number of allylic oxidation sites excluding steroid dienone is 1. The Kier molecular flexibility index (Phi) is 6.78. The summed E-state index contributed by atoms with van der Waals surface area (Å²) < 4.78 is 5.22. The first-order valence-electron chi connectivity index (χ1n) is 7.70. The third kappa shape index (κ3) is 4.93. The number of methoxy groups -OCH3 is 1. The molecule has 0 aliphatic carbocycles. The van der Waals surface area contributed by atoms with Gasteiger partial charge >= 0.3 is 6.09 Å². The molecule has 1 amide bonds. The number of halogens is 1. The van der Waals surface area contributed by atoms with Gasteiger partial charge in [-0.1, -0.05) is 36.7 Å². The quantitative estimate of drug-likeness (QED) is 0.541. The van der Waals surface area contributed by atoms with Crippen LogP contribution in [0.3, 0.4) is 0 Å². The molecule has 2 rings (SSSR count). The van der Waals surface area contributed by atoms with Gasteiger partial charge < -0.3 is 14.7 Å². The molecular formula is C17H19ClN2O4S. The van der Waals surface area contributed by atoms with E-state index in [1.807, 2.05) is 6.92 Å². The molecule has 0 fully saturated rings. The molecule has 0 atom stereocenters. The monoisotopic (exact) mass is 382 g/mol. The van der Waals surface area contributed by atoms with Crippen LogP contribution in [0.15, 0.2) is 40.5 Å². The first kappa shape index (κ1) is 19.2. The molecule has 0 saturated carbocycles. The second kappa shape index (κ2) is 8.82. The van der Waals surface area contributed by atoms with Crippen molar-refractivity contribution in [2.75, 3.05) is 13.7 Å². The third-order valence-corrected chi connectivity index (χ3v) is 4.66. The molecule has 25 heavy (non-hydrogen) atoms. The van der Waals surface area contributed by atoms with Crippen LogP contribution in [0.1, 0.15) is 30.1 Å². The van der Waals surface area contributed by atoms with Crippen LogP contribution in [0, 0.1) is 0 Å². The number of benzene rings is 1. The van der Waals surface area contributed by atoms with Crippen molar-refractivity contribution in [3.8, 4) is 5.75 Å². The molecule has 0 aromatic heterocycles. The Morgan fingerprint density at radius 3 is 2.84 bits per heavy atom. The van der Waals surface area contributed by atoms with Gasteiger partial charge in [0.05, 0.1) is 17.7 Å². The zero-order chi connectivity index (χ0) is 18.4. The van der Waals surface area contributed by atoms with Crippen LogP contribution in [-0.4, -0.2) is 35.5 Å². The molecule has 0 saturated heterocycles. The van der Waals surface area contributed by atoms with E-state index in [1.54, 1.807) is 28.5 Å². The maximum atomic E-state index is 12.7. The van der Waals surface area contributed by atoms with E-state index < -0.39 is 6.09 Å². The van der Waals surface area contributed by atoms with Gasteiger partial charge in [0.1, 0.15) is 11.6 Å². The maximum absolute atomic E-state index is 12.7. The summed E-state index contributed by atoms with van der Waals surface area (Å²) >= 11 is 7.28. The summed E-state index contributed by atoms with van der Waals surface area (Å²) in [6.07, 6.45) is 2.15. The number of nitrogens with one attached hydrogen (secondary N) is 1. The molecular weight excluding hydrogens is 364 g/mol. The minimum atomic E-state index is -1.14. The fraction of sp³-hybridized carbons (Fsp3) is 0.294. The molecule has 0 unspecified atom stereocenters. The van der Waals surface area contributed by atoms with E-state index in [2.05, 4.69) is 5.32 Å². The SMILES string of the molecule is CCCCN1C(NC(=O)O)=CS/C1=C\C(=O)c1cc(Cl)ccc1OC. The lowest BCUT2D eigenvalue weighted by molar-refractivity contribution is 0.104. The largest absolute Gasteiger partial charge is 0.496 e. The average Bonchev–Trinajstić information content (AvgIpc) is 2.93. The number of ether oxygens (including phenoxy) is 1. The standard InChI is InChI=1S/C17H19ClN2O4S/c1-3-4-7-20-15(19-17(22)23)10-25-16(20)9-13(21)12-8-11(18)5-6-14(12)24-2/h5-6,8-10,19H,3-4,7H2,1-2H3,(H,22,23)/b16-9-. The minimum absolute atomic E-state index is 0.256. The number of nitrogens with zero attached hydrogens (tertiary/aromatic N) is 1. The predicted octanol–water partition coefficient (Wildman–Crippen LogP) is 4.29. The third-order valence-electron chi connectivity index (χ3n) is 3.50. The fourth-order valence-corrected chi connectivity index (χ4v) is 3.37. The van der Waals surface area contributed by atoms with Crippen LogP contribution < -0.4 is 10.1 Å². The van der Waals surface area contributed by atoms with E-state index >= 15 is 0 Å². The Hall–Kier alpha value is -2.12. The van der Waals surface area contributed by atoms with Gasteiger partial charge in [0.2, 0.25) is 0 Å². The molecule has 1 aromatic carbocycles. The van der Waals surface area contributed by atoms with Gasteiger partial charge in [-0.2, -0.15) is 0 Å². The van der Waals surface area contributed by atoms with Crippen molar-refractivity contribution >= 4 is 35.2 Å². The lowest BCUT2D eigenvalue weighted by atomic mass is 10.1. The lowest BCUT2D eigenvalue weighted by Crippen LogP contribution is -2.31. The molecule has 0 bridgehead atoms. The van der Waals surface area contributed by atoms with Gasteiger partial charge in [0.15, 0.2) is 5.78 Å². The highest BCUT2D eigenvalue weighted by Crippen LogP contribution is 2.34. The summed E-state index contributed by atoms with van der Waals surface area (Å²) in [6.45, 7) is 2.66. The second-order valence-corrected chi connectivity index (χ2v) is 6.57. The van der Waals surface area contributed by atoms with Crippen molar-refractivity contribution in [3.05, 3.63) is 51.1 Å². The minimum Gasteiger partial charge on any atom is -0.496 e. The lowest BCUT2D eigenvalue weighted by Gasteiger charge is -2.22. The van der Waals surface area contributed by atoms with Crippen molar-refractivity contribution in [3.63, 3.8) is 0 Å². The predicted molar refractivity (Wildman–Crippen MR) is 98.9 cm³/mol. The molecule has 1 aliphatic heterocycles. The smallest absolute Gasteiger partial charge is 0.410 e. The number of carbonyl (C=O) groups excluding carboxylic acids is 1. The maximum Gasteiger partial charge on any atom is 0.410 e. The Morgan fingerprint density at radius 2 is 2.20 bits per heavy atom. The van der Waals surface area contributed by atoms with Gasteiger partial charge in [0.25, 0.3) is 0 Å². The van der Waals surface area contributed by atoms with Gasteiger partial charge in [-0.05, 0) is 24.6 Å². The Balaban J connectivity index is 2.27. The first-order chi connectivity index (χ1) is 12.0. The number of thioether (sulfide) groups is 1. The van der Waals surface area contributed by atoms with E-state index in [4.69, 9.17) is 21.4 Å². The Labute approximate surface area is 155 Å². The number of amides is 1. The van der Waals surface area contributed by atoms with Gasteiger partial charge in [-0.15, -0.1) is 0 Å². The molecule has 2 N–H and O–H groups in total. The van der Waals surface area contributed by atoms with Crippen LogP contribution in [-0.2, 0) is 0 Å². The highest BCUT2D eigenvalue weighted by Gasteiger charge is 2.24.